The number of aromatic nitrogens is 2. The molecule has 0 spiro atoms. The summed E-state index contributed by atoms with van der Waals surface area (Å²) in [5, 5.41) is 3.48. The summed E-state index contributed by atoms with van der Waals surface area (Å²) < 4.78 is 13.2. The summed E-state index contributed by atoms with van der Waals surface area (Å²) in [4.78, 5) is 51.7. The Labute approximate surface area is 207 Å². The molecule has 0 bridgehead atoms. The molecule has 1 fully saturated rings. The lowest BCUT2D eigenvalue weighted by Crippen LogP contribution is -2.56. The Morgan fingerprint density at radius 2 is 1.80 bits per heavy atom. The van der Waals surface area contributed by atoms with Gasteiger partial charge in [0.2, 0.25) is 5.91 Å². The molecule has 2 N–H and O–H groups in total. The molecular formula is C25H30FN5O3S. The molecule has 1 aliphatic heterocycles. The van der Waals surface area contributed by atoms with Gasteiger partial charge in [0.15, 0.2) is 0 Å². The number of hydrogen-bond donors (Lipinski definition) is 2. The number of aryl methyl sites for hydroxylation is 2. The Morgan fingerprint density at radius 3 is 2.43 bits per heavy atom. The number of amides is 2. The zero-order valence-electron chi connectivity index (χ0n) is 20.4. The van der Waals surface area contributed by atoms with E-state index < -0.39 is 17.8 Å². The van der Waals surface area contributed by atoms with E-state index in [1.165, 1.54) is 35.6 Å². The SMILES string of the molecule is Cc1sc2nc(CN3CCN(C(=O)[C@H](NC(=O)c4ccc(F)cc4)C(C)C)CC3)[nH]c(=O)c2c1C. The van der Waals surface area contributed by atoms with Crippen LogP contribution in [0.4, 0.5) is 4.39 Å². The van der Waals surface area contributed by atoms with Crippen molar-refractivity contribution in [2.45, 2.75) is 40.3 Å². The lowest BCUT2D eigenvalue weighted by molar-refractivity contribution is -0.136. The molecule has 2 aromatic heterocycles. The van der Waals surface area contributed by atoms with Gasteiger partial charge < -0.3 is 15.2 Å². The fourth-order valence-electron chi connectivity index (χ4n) is 4.25. The summed E-state index contributed by atoms with van der Waals surface area (Å²) in [5.74, 6) is -0.442. The predicted molar refractivity (Wildman–Crippen MR) is 134 cm³/mol. The van der Waals surface area contributed by atoms with Crippen molar-refractivity contribution in [3.8, 4) is 0 Å². The third kappa shape index (κ3) is 5.43. The highest BCUT2D eigenvalue weighted by atomic mass is 32.1. The van der Waals surface area contributed by atoms with E-state index in [1.807, 2.05) is 27.7 Å². The molecule has 0 radical (unpaired) electrons. The molecule has 0 unspecified atom stereocenters. The van der Waals surface area contributed by atoms with Gasteiger partial charge in [0.05, 0.1) is 11.9 Å². The maximum absolute atomic E-state index is 13.2. The zero-order valence-corrected chi connectivity index (χ0v) is 21.2. The molecule has 3 aromatic rings. The number of aromatic amines is 1. The molecule has 0 aliphatic carbocycles. The molecule has 4 rings (SSSR count). The van der Waals surface area contributed by atoms with Crippen LogP contribution in [-0.4, -0.2) is 63.8 Å². The summed E-state index contributed by atoms with van der Waals surface area (Å²) in [6.07, 6.45) is 0. The normalized spacial score (nSPS) is 15.5. The second-order valence-corrected chi connectivity index (χ2v) is 10.5. The Morgan fingerprint density at radius 1 is 1.14 bits per heavy atom. The Hall–Kier alpha value is -3.11. The van der Waals surface area contributed by atoms with Gasteiger partial charge in [-0.3, -0.25) is 19.3 Å². The molecule has 3 heterocycles. The quantitative estimate of drug-likeness (QED) is 0.544. The molecule has 186 valence electrons. The highest BCUT2D eigenvalue weighted by Gasteiger charge is 2.31. The molecular weight excluding hydrogens is 469 g/mol. The van der Waals surface area contributed by atoms with Crippen molar-refractivity contribution in [2.24, 2.45) is 5.92 Å². The predicted octanol–water partition coefficient (Wildman–Crippen LogP) is 2.84. The Kier molecular flexibility index (Phi) is 7.32. The van der Waals surface area contributed by atoms with E-state index >= 15 is 0 Å². The van der Waals surface area contributed by atoms with Crippen LogP contribution in [0, 0.1) is 25.6 Å². The van der Waals surface area contributed by atoms with E-state index in [0.717, 1.165) is 15.3 Å². The minimum Gasteiger partial charge on any atom is -0.340 e. The van der Waals surface area contributed by atoms with Crippen LogP contribution in [0.15, 0.2) is 29.1 Å². The molecule has 1 atom stereocenters. The smallest absolute Gasteiger partial charge is 0.259 e. The molecule has 10 heteroatoms. The van der Waals surface area contributed by atoms with E-state index in [0.29, 0.717) is 49.5 Å². The first kappa shape index (κ1) is 25.0. The molecule has 35 heavy (non-hydrogen) atoms. The summed E-state index contributed by atoms with van der Waals surface area (Å²) in [6, 6.07) is 4.58. The number of carbonyl (C=O) groups is 2. The second-order valence-electron chi connectivity index (χ2n) is 9.28. The van der Waals surface area contributed by atoms with Crippen LogP contribution in [-0.2, 0) is 11.3 Å². The van der Waals surface area contributed by atoms with Gasteiger partial charge >= 0.3 is 0 Å². The van der Waals surface area contributed by atoms with Crippen LogP contribution in [0.2, 0.25) is 0 Å². The van der Waals surface area contributed by atoms with E-state index in [2.05, 4.69) is 20.2 Å². The first-order chi connectivity index (χ1) is 16.6. The minimum absolute atomic E-state index is 0.108. The molecule has 0 saturated carbocycles. The number of nitrogens with one attached hydrogen (secondary N) is 2. The topological polar surface area (TPSA) is 98.4 Å². The lowest BCUT2D eigenvalue weighted by atomic mass is 10.0. The zero-order chi connectivity index (χ0) is 25.3. The standard InChI is InChI=1S/C25H30FN5O3S/c1-14(2)21(29-22(32)17-5-7-18(26)8-6-17)25(34)31-11-9-30(10-12-31)13-19-27-23(33)20-15(3)16(4)35-24(20)28-19/h5-8,14,21H,9-13H2,1-4H3,(H,29,32)(H,27,28,33)/t21-/m1/s1. The van der Waals surface area contributed by atoms with Crippen LogP contribution in [0.25, 0.3) is 10.2 Å². The second kappa shape index (κ2) is 10.2. The highest BCUT2D eigenvalue weighted by Crippen LogP contribution is 2.25. The summed E-state index contributed by atoms with van der Waals surface area (Å²) in [7, 11) is 0. The van der Waals surface area contributed by atoms with Crippen molar-refractivity contribution in [1.29, 1.82) is 0 Å². The van der Waals surface area contributed by atoms with Gasteiger partial charge in [0, 0.05) is 36.6 Å². The van der Waals surface area contributed by atoms with E-state index in [1.54, 1.807) is 4.90 Å². The van der Waals surface area contributed by atoms with Gasteiger partial charge in [-0.15, -0.1) is 11.3 Å². The van der Waals surface area contributed by atoms with Crippen LogP contribution in [0.5, 0.6) is 0 Å². The van der Waals surface area contributed by atoms with Gasteiger partial charge in [0.25, 0.3) is 11.5 Å². The third-order valence-electron chi connectivity index (χ3n) is 6.47. The Balaban J connectivity index is 1.37. The van der Waals surface area contributed by atoms with Crippen molar-refractivity contribution < 1.29 is 14.0 Å². The van der Waals surface area contributed by atoms with Crippen molar-refractivity contribution >= 4 is 33.4 Å². The number of piperazine rings is 1. The van der Waals surface area contributed by atoms with Gasteiger partial charge in [-0.25, -0.2) is 9.37 Å². The van der Waals surface area contributed by atoms with E-state index in [-0.39, 0.29) is 17.4 Å². The van der Waals surface area contributed by atoms with Gasteiger partial charge in [-0.05, 0) is 49.6 Å². The maximum atomic E-state index is 13.2. The number of halogens is 1. The number of thiophene rings is 1. The van der Waals surface area contributed by atoms with Crippen molar-refractivity contribution in [3.05, 3.63) is 62.3 Å². The summed E-state index contributed by atoms with van der Waals surface area (Å²) in [6.45, 7) is 10.5. The first-order valence-electron chi connectivity index (χ1n) is 11.7. The van der Waals surface area contributed by atoms with Crippen molar-refractivity contribution in [1.82, 2.24) is 25.1 Å². The number of benzene rings is 1. The number of rotatable bonds is 6. The third-order valence-corrected chi connectivity index (χ3v) is 7.57. The first-order valence-corrected chi connectivity index (χ1v) is 12.5. The highest BCUT2D eigenvalue weighted by molar-refractivity contribution is 7.18. The van der Waals surface area contributed by atoms with Crippen LogP contribution in [0.3, 0.4) is 0 Å². The number of hydrogen-bond acceptors (Lipinski definition) is 6. The molecule has 1 aromatic carbocycles. The monoisotopic (exact) mass is 499 g/mol. The fraction of sp³-hybridized carbons (Fsp3) is 0.440. The molecule has 1 aliphatic rings. The van der Waals surface area contributed by atoms with Gasteiger partial charge in [-0.1, -0.05) is 13.8 Å². The lowest BCUT2D eigenvalue weighted by Gasteiger charge is -2.37. The fourth-order valence-corrected chi connectivity index (χ4v) is 5.30. The van der Waals surface area contributed by atoms with Gasteiger partial charge in [-0.2, -0.15) is 0 Å². The van der Waals surface area contributed by atoms with E-state index in [4.69, 9.17) is 0 Å². The van der Waals surface area contributed by atoms with Crippen LogP contribution in [0.1, 0.15) is 40.5 Å². The molecule has 2 amide bonds. The average molecular weight is 500 g/mol. The molecule has 8 nitrogen and oxygen atoms in total. The number of carbonyl (C=O) groups excluding carboxylic acids is 2. The van der Waals surface area contributed by atoms with E-state index in [9.17, 15) is 18.8 Å². The van der Waals surface area contributed by atoms with Crippen LogP contribution >= 0.6 is 11.3 Å². The average Bonchev–Trinajstić information content (AvgIpc) is 3.11. The van der Waals surface area contributed by atoms with Gasteiger partial charge in [0.1, 0.15) is 22.5 Å². The van der Waals surface area contributed by atoms with Crippen molar-refractivity contribution in [3.63, 3.8) is 0 Å². The number of H-pyrrole nitrogens is 1. The maximum Gasteiger partial charge on any atom is 0.259 e. The molecule has 1 saturated heterocycles. The summed E-state index contributed by atoms with van der Waals surface area (Å²) in [5.41, 5.74) is 1.17. The largest absolute Gasteiger partial charge is 0.340 e. The summed E-state index contributed by atoms with van der Waals surface area (Å²) >= 11 is 1.53. The number of nitrogens with zero attached hydrogens (tertiary/aromatic N) is 3. The number of fused-ring (bicyclic) bond motifs is 1. The van der Waals surface area contributed by atoms with Crippen LogP contribution < -0.4 is 10.9 Å². The Bertz CT molecular complexity index is 1290. The minimum atomic E-state index is -0.676. The van der Waals surface area contributed by atoms with Crippen molar-refractivity contribution in [2.75, 3.05) is 26.2 Å².